The van der Waals surface area contributed by atoms with Gasteiger partial charge in [0.1, 0.15) is 0 Å². The lowest BCUT2D eigenvalue weighted by atomic mass is 10.2. The zero-order valence-corrected chi connectivity index (χ0v) is 10.6. The van der Waals surface area contributed by atoms with Crippen LogP contribution in [-0.2, 0) is 13.6 Å². The molecular weight excluding hydrogens is 214 g/mol. The third-order valence-corrected chi connectivity index (χ3v) is 3.28. The molecule has 1 heterocycles. The summed E-state index contributed by atoms with van der Waals surface area (Å²) in [5.74, 6) is 0.887. The van der Waals surface area contributed by atoms with E-state index in [0.29, 0.717) is 6.04 Å². The normalized spacial score (nSPS) is 17.4. The Morgan fingerprint density at radius 2 is 2.29 bits per heavy atom. The van der Waals surface area contributed by atoms with Crippen molar-refractivity contribution in [2.45, 2.75) is 38.3 Å². The van der Waals surface area contributed by atoms with Gasteiger partial charge in [0.15, 0.2) is 5.96 Å². The molecule has 0 unspecified atom stereocenters. The number of aliphatic imine (C=N–C) groups is 1. The van der Waals surface area contributed by atoms with E-state index in [1.807, 2.05) is 31.0 Å². The first-order chi connectivity index (χ1) is 8.29. The van der Waals surface area contributed by atoms with E-state index in [1.165, 1.54) is 25.7 Å². The number of guanidine groups is 1. The Morgan fingerprint density at radius 1 is 1.53 bits per heavy atom. The molecule has 0 radical (unpaired) electrons. The summed E-state index contributed by atoms with van der Waals surface area (Å²) >= 11 is 0. The van der Waals surface area contributed by atoms with Crippen molar-refractivity contribution in [3.05, 3.63) is 18.0 Å². The van der Waals surface area contributed by atoms with E-state index in [9.17, 15) is 0 Å². The van der Waals surface area contributed by atoms with Crippen LogP contribution < -0.4 is 10.6 Å². The zero-order chi connectivity index (χ0) is 12.1. The summed E-state index contributed by atoms with van der Waals surface area (Å²) in [6.07, 6.45) is 6.98. The van der Waals surface area contributed by atoms with E-state index >= 15 is 0 Å². The van der Waals surface area contributed by atoms with Crippen molar-refractivity contribution < 1.29 is 0 Å². The molecule has 5 heteroatoms. The largest absolute Gasteiger partial charge is 0.354 e. The van der Waals surface area contributed by atoms with Crippen LogP contribution in [0.2, 0.25) is 0 Å². The van der Waals surface area contributed by atoms with Crippen LogP contribution >= 0.6 is 0 Å². The van der Waals surface area contributed by atoms with Gasteiger partial charge in [-0.1, -0.05) is 12.8 Å². The molecule has 0 amide bonds. The van der Waals surface area contributed by atoms with E-state index in [2.05, 4.69) is 20.7 Å². The highest BCUT2D eigenvalue weighted by atomic mass is 15.3. The van der Waals surface area contributed by atoms with Gasteiger partial charge >= 0.3 is 0 Å². The van der Waals surface area contributed by atoms with Gasteiger partial charge in [0.05, 0.1) is 12.2 Å². The first-order valence-corrected chi connectivity index (χ1v) is 6.23. The van der Waals surface area contributed by atoms with Gasteiger partial charge < -0.3 is 10.6 Å². The van der Waals surface area contributed by atoms with Crippen molar-refractivity contribution in [3.63, 3.8) is 0 Å². The second kappa shape index (κ2) is 5.70. The van der Waals surface area contributed by atoms with Crippen LogP contribution in [0.1, 0.15) is 31.4 Å². The van der Waals surface area contributed by atoms with Crippen LogP contribution in [0.25, 0.3) is 0 Å². The van der Waals surface area contributed by atoms with Gasteiger partial charge in [0.25, 0.3) is 0 Å². The van der Waals surface area contributed by atoms with Gasteiger partial charge in [-0.2, -0.15) is 5.10 Å². The monoisotopic (exact) mass is 235 g/mol. The summed E-state index contributed by atoms with van der Waals surface area (Å²) < 4.78 is 1.87. The molecule has 17 heavy (non-hydrogen) atoms. The van der Waals surface area contributed by atoms with E-state index in [4.69, 9.17) is 0 Å². The second-order valence-electron chi connectivity index (χ2n) is 4.50. The van der Waals surface area contributed by atoms with Crippen molar-refractivity contribution in [2.75, 3.05) is 7.05 Å². The van der Waals surface area contributed by atoms with Gasteiger partial charge in [-0.25, -0.2) is 0 Å². The molecule has 94 valence electrons. The van der Waals surface area contributed by atoms with Gasteiger partial charge in [0.2, 0.25) is 0 Å². The first-order valence-electron chi connectivity index (χ1n) is 6.23. The highest BCUT2D eigenvalue weighted by molar-refractivity contribution is 5.79. The average molecular weight is 235 g/mol. The highest BCUT2D eigenvalue weighted by Gasteiger charge is 2.15. The summed E-state index contributed by atoms with van der Waals surface area (Å²) in [5, 5.41) is 10.9. The van der Waals surface area contributed by atoms with Crippen molar-refractivity contribution in [1.82, 2.24) is 20.4 Å². The van der Waals surface area contributed by atoms with E-state index in [-0.39, 0.29) is 0 Å². The molecule has 2 rings (SSSR count). The fraction of sp³-hybridized carbons (Fsp3) is 0.667. The summed E-state index contributed by atoms with van der Waals surface area (Å²) in [6.45, 7) is 0.753. The SMILES string of the molecule is CN=C(NCc1ccnn1C)NC1CCCC1. The Kier molecular flexibility index (Phi) is 4.01. The standard InChI is InChI=1S/C12H21N5/c1-13-12(16-10-5-3-4-6-10)14-9-11-7-8-15-17(11)2/h7-8,10H,3-6,9H2,1-2H3,(H2,13,14,16). The topological polar surface area (TPSA) is 54.2 Å². The quantitative estimate of drug-likeness (QED) is 0.607. The maximum absolute atomic E-state index is 4.25. The molecule has 0 spiro atoms. The first kappa shape index (κ1) is 12.0. The number of nitrogens with zero attached hydrogens (tertiary/aromatic N) is 3. The van der Waals surface area contributed by atoms with Crippen LogP contribution in [0.3, 0.4) is 0 Å². The molecule has 1 aromatic heterocycles. The second-order valence-corrected chi connectivity index (χ2v) is 4.50. The molecule has 1 aliphatic rings. The lowest BCUT2D eigenvalue weighted by molar-refractivity contribution is 0.608. The zero-order valence-electron chi connectivity index (χ0n) is 10.6. The Morgan fingerprint density at radius 3 is 2.88 bits per heavy atom. The predicted molar refractivity (Wildman–Crippen MR) is 68.8 cm³/mol. The molecule has 2 N–H and O–H groups in total. The van der Waals surface area contributed by atoms with Crippen LogP contribution in [0.4, 0.5) is 0 Å². The van der Waals surface area contributed by atoms with E-state index < -0.39 is 0 Å². The molecule has 1 fully saturated rings. The molecule has 1 aliphatic carbocycles. The van der Waals surface area contributed by atoms with Gasteiger partial charge in [-0.3, -0.25) is 9.67 Å². The third kappa shape index (κ3) is 3.22. The number of nitrogens with one attached hydrogen (secondary N) is 2. The van der Waals surface area contributed by atoms with E-state index in [1.54, 1.807) is 0 Å². The van der Waals surface area contributed by atoms with Gasteiger partial charge in [0, 0.05) is 26.3 Å². The third-order valence-electron chi connectivity index (χ3n) is 3.28. The summed E-state index contributed by atoms with van der Waals surface area (Å²) in [5.41, 5.74) is 1.15. The molecule has 5 nitrogen and oxygen atoms in total. The van der Waals surface area contributed by atoms with E-state index in [0.717, 1.165) is 18.2 Å². The fourth-order valence-corrected chi connectivity index (χ4v) is 2.21. The number of hydrogen-bond acceptors (Lipinski definition) is 2. The number of rotatable bonds is 3. The predicted octanol–water partition coefficient (Wildman–Crippen LogP) is 1.03. The average Bonchev–Trinajstić information content (AvgIpc) is 2.96. The summed E-state index contributed by atoms with van der Waals surface area (Å²) in [7, 11) is 3.76. The van der Waals surface area contributed by atoms with Crippen LogP contribution in [0, 0.1) is 0 Å². The molecule has 0 atom stereocenters. The van der Waals surface area contributed by atoms with Gasteiger partial charge in [-0.15, -0.1) is 0 Å². The minimum absolute atomic E-state index is 0.590. The molecular formula is C12H21N5. The maximum atomic E-state index is 4.25. The van der Waals surface area contributed by atoms with Crippen molar-refractivity contribution in [3.8, 4) is 0 Å². The van der Waals surface area contributed by atoms with Crippen LogP contribution in [0.5, 0.6) is 0 Å². The minimum atomic E-state index is 0.590. The van der Waals surface area contributed by atoms with Crippen molar-refractivity contribution in [1.29, 1.82) is 0 Å². The Bertz CT molecular complexity index is 376. The Labute approximate surface area is 102 Å². The smallest absolute Gasteiger partial charge is 0.191 e. The number of aryl methyl sites for hydroxylation is 1. The molecule has 0 aromatic carbocycles. The number of aromatic nitrogens is 2. The molecule has 1 aromatic rings. The summed E-state index contributed by atoms with van der Waals surface area (Å²) in [4.78, 5) is 4.25. The molecule has 0 bridgehead atoms. The van der Waals surface area contributed by atoms with Gasteiger partial charge in [-0.05, 0) is 18.9 Å². The molecule has 0 aliphatic heterocycles. The minimum Gasteiger partial charge on any atom is -0.354 e. The number of hydrogen-bond donors (Lipinski definition) is 2. The van der Waals surface area contributed by atoms with Crippen LogP contribution in [0.15, 0.2) is 17.3 Å². The highest BCUT2D eigenvalue weighted by Crippen LogP contribution is 2.17. The lowest BCUT2D eigenvalue weighted by Crippen LogP contribution is -2.42. The van der Waals surface area contributed by atoms with Crippen LogP contribution in [-0.4, -0.2) is 28.8 Å². The van der Waals surface area contributed by atoms with Crippen molar-refractivity contribution >= 4 is 5.96 Å². The fourth-order valence-electron chi connectivity index (χ4n) is 2.21. The Hall–Kier alpha value is -1.52. The van der Waals surface area contributed by atoms with Crippen molar-refractivity contribution in [2.24, 2.45) is 12.0 Å². The summed E-state index contributed by atoms with van der Waals surface area (Å²) in [6, 6.07) is 2.60. The maximum Gasteiger partial charge on any atom is 0.191 e. The molecule has 1 saturated carbocycles. The Balaban J connectivity index is 1.81. The molecule has 0 saturated heterocycles. The lowest BCUT2D eigenvalue weighted by Gasteiger charge is -2.16.